The SMILES string of the molecule is Cc1cc(/C=C(/CC[C@H]2OB(O)C[C@H]3C2=C(CO[Si](c2ccccc2)(c2ccccc2)C(C)(C)C)C[C@H]2C(=O)N(c4cccc(B(O)O)c4)C(=O)[C@H]23)c2ccccc2)cc(C)c1O. The first-order valence-corrected chi connectivity index (χ1v) is 23.8. The monoisotopic (exact) mass is 859 g/mol. The number of rotatable bonds is 12. The van der Waals surface area contributed by atoms with Gasteiger partial charge in [0.05, 0.1) is 30.2 Å². The average Bonchev–Trinajstić information content (AvgIpc) is 3.52. The number of aromatic hydroxyl groups is 1. The lowest BCUT2D eigenvalue weighted by molar-refractivity contribution is -0.122. The quantitative estimate of drug-likeness (QED) is 0.0478. The molecule has 0 unspecified atom stereocenters. The minimum absolute atomic E-state index is 0.130. The van der Waals surface area contributed by atoms with Crippen LogP contribution in [-0.2, 0) is 18.7 Å². The van der Waals surface area contributed by atoms with Crippen molar-refractivity contribution in [1.82, 2.24) is 0 Å². The highest BCUT2D eigenvalue weighted by Crippen LogP contribution is 2.52. The third-order valence-corrected chi connectivity index (χ3v) is 18.3. The number of imide groups is 1. The van der Waals surface area contributed by atoms with Crippen LogP contribution in [0.5, 0.6) is 5.75 Å². The molecule has 63 heavy (non-hydrogen) atoms. The van der Waals surface area contributed by atoms with E-state index in [2.05, 4.69) is 63.2 Å². The number of allylic oxidation sites excluding steroid dienone is 1. The summed E-state index contributed by atoms with van der Waals surface area (Å²) in [5.74, 6) is -2.47. The zero-order chi connectivity index (χ0) is 44.6. The number of carbonyl (C=O) groups is 2. The van der Waals surface area contributed by atoms with Crippen molar-refractivity contribution in [2.75, 3.05) is 11.5 Å². The van der Waals surface area contributed by atoms with E-state index in [0.29, 0.717) is 12.8 Å². The highest BCUT2D eigenvalue weighted by Gasteiger charge is 2.58. The molecule has 8 rings (SSSR count). The molecule has 12 heteroatoms. The largest absolute Gasteiger partial charge is 0.507 e. The van der Waals surface area contributed by atoms with Crippen molar-refractivity contribution >= 4 is 67.5 Å². The van der Waals surface area contributed by atoms with Gasteiger partial charge < -0.3 is 29.3 Å². The van der Waals surface area contributed by atoms with Crippen LogP contribution in [0.2, 0.25) is 11.4 Å². The third kappa shape index (κ3) is 8.56. The Labute approximate surface area is 372 Å². The van der Waals surface area contributed by atoms with Crippen LogP contribution in [0.3, 0.4) is 0 Å². The second kappa shape index (κ2) is 18.0. The Morgan fingerprint density at radius 1 is 0.841 bits per heavy atom. The summed E-state index contributed by atoms with van der Waals surface area (Å²) < 4.78 is 14.1. The van der Waals surface area contributed by atoms with E-state index in [4.69, 9.17) is 9.08 Å². The number of hydrogen-bond donors (Lipinski definition) is 4. The minimum atomic E-state index is -3.07. The van der Waals surface area contributed by atoms with Crippen molar-refractivity contribution in [1.29, 1.82) is 0 Å². The number of carbonyl (C=O) groups excluding carboxylic acids is 2. The number of phenols is 1. The minimum Gasteiger partial charge on any atom is -0.507 e. The van der Waals surface area contributed by atoms with Gasteiger partial charge in [0.25, 0.3) is 8.32 Å². The molecule has 4 atom stereocenters. The molecule has 1 aliphatic carbocycles. The standard InChI is InChI=1S/C51H55B2NO8Si/c1-33-26-35(27-34(2)48(33)55)28-37(36-16-9-6-10-17-36)24-25-45-46-38(32-61-63(51(3,4)5,41-20-11-7-12-21-41)42-22-13-8-14-23-42)29-43-47(44(46)31-52(58)62-45)50(57)54(49(43)56)40-19-15-18-39(30-40)53(59)60/h6-23,26-28,30,43-45,47,55,58-60H,24-25,29,31-32H2,1-5H3/b37-28-/t43-,44+,45-,47-/m1/s1. The van der Waals surface area contributed by atoms with Crippen molar-refractivity contribution in [3.05, 3.63) is 161 Å². The van der Waals surface area contributed by atoms with Gasteiger partial charge in [-0.1, -0.05) is 130 Å². The van der Waals surface area contributed by atoms with Crippen molar-refractivity contribution in [3.8, 4) is 5.75 Å². The van der Waals surface area contributed by atoms with Crippen LogP contribution in [0.1, 0.15) is 62.3 Å². The van der Waals surface area contributed by atoms with Crippen LogP contribution >= 0.6 is 0 Å². The van der Waals surface area contributed by atoms with Gasteiger partial charge in [-0.3, -0.25) is 14.5 Å². The number of amides is 2. The summed E-state index contributed by atoms with van der Waals surface area (Å²) in [4.78, 5) is 30.6. The smallest absolute Gasteiger partial charge is 0.488 e. The van der Waals surface area contributed by atoms with Gasteiger partial charge in [-0.15, -0.1) is 0 Å². The summed E-state index contributed by atoms with van der Waals surface area (Å²) in [6.07, 6.45) is 2.97. The van der Waals surface area contributed by atoms with E-state index in [1.54, 1.807) is 12.1 Å². The number of phenolic OH excluding ortho intramolecular Hbond substituents is 1. The molecule has 2 heterocycles. The first-order valence-electron chi connectivity index (χ1n) is 21.9. The van der Waals surface area contributed by atoms with E-state index in [0.717, 1.165) is 49.3 Å². The van der Waals surface area contributed by atoms with E-state index >= 15 is 0 Å². The molecule has 2 aliphatic heterocycles. The summed E-state index contributed by atoms with van der Waals surface area (Å²) in [7, 11) is -6.03. The highest BCUT2D eigenvalue weighted by molar-refractivity contribution is 6.99. The lowest BCUT2D eigenvalue weighted by Gasteiger charge is -2.46. The molecule has 5 aromatic rings. The summed E-state index contributed by atoms with van der Waals surface area (Å²) in [5, 5.41) is 44.0. The number of fused-ring (bicyclic) bond motifs is 3. The van der Waals surface area contributed by atoms with Crippen molar-refractivity contribution in [2.24, 2.45) is 17.8 Å². The van der Waals surface area contributed by atoms with Gasteiger partial charge in [-0.25, -0.2) is 0 Å². The normalized spacial score (nSPS) is 20.5. The molecule has 4 N–H and O–H groups in total. The van der Waals surface area contributed by atoms with Crippen molar-refractivity contribution < 1.29 is 38.8 Å². The van der Waals surface area contributed by atoms with Crippen molar-refractivity contribution in [2.45, 2.75) is 71.3 Å². The van der Waals surface area contributed by atoms with Gasteiger partial charge in [0, 0.05) is 0 Å². The Bertz CT molecular complexity index is 2480. The van der Waals surface area contributed by atoms with Gasteiger partial charge in [0.15, 0.2) is 0 Å². The van der Waals surface area contributed by atoms with Crippen LogP contribution in [0.25, 0.3) is 11.6 Å². The summed E-state index contributed by atoms with van der Waals surface area (Å²) in [5.41, 5.74) is 6.86. The molecule has 2 fully saturated rings. The van der Waals surface area contributed by atoms with Crippen LogP contribution in [-0.4, -0.2) is 67.3 Å². The maximum Gasteiger partial charge on any atom is 0.488 e. The predicted molar refractivity (Wildman–Crippen MR) is 253 cm³/mol. The maximum atomic E-state index is 14.7. The van der Waals surface area contributed by atoms with Gasteiger partial charge >= 0.3 is 14.2 Å². The Morgan fingerprint density at radius 3 is 2.03 bits per heavy atom. The second-order valence-corrected chi connectivity index (χ2v) is 22.6. The lowest BCUT2D eigenvalue weighted by Crippen LogP contribution is -2.66. The Hall–Kier alpha value is -5.33. The zero-order valence-electron chi connectivity index (χ0n) is 36.6. The number of aryl methyl sites for hydroxylation is 2. The summed E-state index contributed by atoms with van der Waals surface area (Å²) in [6, 6.07) is 41.1. The lowest BCUT2D eigenvalue weighted by atomic mass is 9.58. The molecule has 0 spiro atoms. The fourth-order valence-corrected chi connectivity index (χ4v) is 15.0. The van der Waals surface area contributed by atoms with Gasteiger partial charge in [-0.05, 0) is 129 Å². The number of benzene rings is 5. The van der Waals surface area contributed by atoms with Crippen molar-refractivity contribution in [3.63, 3.8) is 0 Å². The molecule has 0 radical (unpaired) electrons. The topological polar surface area (TPSA) is 137 Å². The Balaban J connectivity index is 1.23. The average molecular weight is 860 g/mol. The molecule has 0 aromatic heterocycles. The van der Waals surface area contributed by atoms with E-state index in [-0.39, 0.29) is 53.1 Å². The van der Waals surface area contributed by atoms with Crippen LogP contribution < -0.4 is 20.7 Å². The first kappa shape index (κ1) is 44.3. The van der Waals surface area contributed by atoms with E-state index in [1.807, 2.05) is 80.6 Å². The van der Waals surface area contributed by atoms with Gasteiger partial charge in [-0.2, -0.15) is 0 Å². The van der Waals surface area contributed by atoms with Crippen LogP contribution in [0.15, 0.2) is 139 Å². The molecule has 3 aliphatic rings. The third-order valence-electron chi connectivity index (χ3n) is 13.3. The molecule has 2 amide bonds. The second-order valence-electron chi connectivity index (χ2n) is 18.3. The number of anilines is 1. The molecule has 322 valence electrons. The summed E-state index contributed by atoms with van der Waals surface area (Å²) >= 11 is 0. The fraction of sp³-hybridized carbons (Fsp3) is 0.294. The number of nitrogens with zero attached hydrogens (tertiary/aromatic N) is 1. The first-order chi connectivity index (χ1) is 30.2. The number of hydrogen-bond acceptors (Lipinski definition) is 8. The maximum absolute atomic E-state index is 14.7. The van der Waals surface area contributed by atoms with Crippen LogP contribution in [0, 0.1) is 31.6 Å². The highest BCUT2D eigenvalue weighted by atomic mass is 28.4. The molecular weight excluding hydrogens is 804 g/mol. The van der Waals surface area contributed by atoms with E-state index in [9.17, 15) is 29.8 Å². The zero-order valence-corrected chi connectivity index (χ0v) is 37.6. The Kier molecular flexibility index (Phi) is 12.7. The van der Waals surface area contributed by atoms with Crippen LogP contribution in [0.4, 0.5) is 5.69 Å². The molecule has 9 nitrogen and oxygen atoms in total. The van der Waals surface area contributed by atoms with Gasteiger partial charge in [0.1, 0.15) is 5.75 Å². The molecule has 0 saturated carbocycles. The van der Waals surface area contributed by atoms with E-state index in [1.165, 1.54) is 17.0 Å². The van der Waals surface area contributed by atoms with Gasteiger partial charge in [0.2, 0.25) is 11.8 Å². The molecule has 2 saturated heterocycles. The molecular formula is C51H55B2NO8Si. The molecule has 5 aromatic carbocycles. The summed E-state index contributed by atoms with van der Waals surface area (Å²) in [6.45, 7) is 10.6. The Morgan fingerprint density at radius 2 is 1.44 bits per heavy atom. The fourth-order valence-electron chi connectivity index (χ4n) is 10.4. The molecule has 0 bridgehead atoms. The van der Waals surface area contributed by atoms with E-state index < -0.39 is 46.4 Å². The predicted octanol–water partition coefficient (Wildman–Crippen LogP) is 6.59.